The van der Waals surface area contributed by atoms with Crippen LogP contribution in [0, 0.1) is 0 Å². The van der Waals surface area contributed by atoms with Gasteiger partial charge in [0.2, 0.25) is 5.91 Å². The van der Waals surface area contributed by atoms with Crippen LogP contribution in [0.2, 0.25) is 0 Å². The third-order valence-corrected chi connectivity index (χ3v) is 4.15. The van der Waals surface area contributed by atoms with Gasteiger partial charge in [0.1, 0.15) is 0 Å². The van der Waals surface area contributed by atoms with Gasteiger partial charge < -0.3 is 15.1 Å². The van der Waals surface area contributed by atoms with Gasteiger partial charge in [-0.05, 0) is 19.7 Å². The number of nitrogens with zero attached hydrogens (tertiary/aromatic N) is 3. The first-order chi connectivity index (χ1) is 10.7. The quantitative estimate of drug-likeness (QED) is 0.795. The van der Waals surface area contributed by atoms with E-state index in [0.717, 1.165) is 45.8 Å². The Morgan fingerprint density at radius 1 is 1.18 bits per heavy atom. The molecule has 1 N–H and O–H groups in total. The van der Waals surface area contributed by atoms with Crippen molar-refractivity contribution in [2.45, 2.75) is 6.54 Å². The lowest BCUT2D eigenvalue weighted by Crippen LogP contribution is -2.51. The molecular formula is C17H28N4O. The molecule has 1 aliphatic rings. The normalized spacial score (nSPS) is 16.2. The second kappa shape index (κ2) is 8.88. The van der Waals surface area contributed by atoms with E-state index in [1.807, 2.05) is 11.9 Å². The molecule has 0 atom stereocenters. The van der Waals surface area contributed by atoms with Crippen LogP contribution in [-0.4, -0.2) is 80.5 Å². The summed E-state index contributed by atoms with van der Waals surface area (Å²) in [6.07, 6.45) is 0. The molecule has 1 saturated heterocycles. The Morgan fingerprint density at radius 2 is 1.86 bits per heavy atom. The number of rotatable bonds is 7. The molecule has 1 fully saturated rings. The second-order valence-corrected chi connectivity index (χ2v) is 5.98. The first-order valence-electron chi connectivity index (χ1n) is 8.06. The highest BCUT2D eigenvalue weighted by Gasteiger charge is 2.20. The van der Waals surface area contributed by atoms with Gasteiger partial charge in [0, 0.05) is 45.8 Å². The highest BCUT2D eigenvalue weighted by atomic mass is 16.2. The minimum absolute atomic E-state index is 0.211. The monoisotopic (exact) mass is 304 g/mol. The molecule has 1 heterocycles. The summed E-state index contributed by atoms with van der Waals surface area (Å²) in [7, 11) is 3.98. The first kappa shape index (κ1) is 16.9. The van der Waals surface area contributed by atoms with Gasteiger partial charge in [0.25, 0.3) is 0 Å². The summed E-state index contributed by atoms with van der Waals surface area (Å²) < 4.78 is 0. The van der Waals surface area contributed by atoms with Crippen LogP contribution < -0.4 is 5.32 Å². The molecule has 2 rings (SSSR count). The molecule has 1 aromatic rings. The number of hydrogen-bond acceptors (Lipinski definition) is 4. The maximum atomic E-state index is 11.8. The van der Waals surface area contributed by atoms with E-state index >= 15 is 0 Å². The number of likely N-dealkylation sites (N-methyl/N-ethyl adjacent to an activating group) is 2. The Morgan fingerprint density at radius 3 is 2.50 bits per heavy atom. The molecule has 0 radical (unpaired) electrons. The Bertz CT molecular complexity index is 443. The summed E-state index contributed by atoms with van der Waals surface area (Å²) in [6.45, 7) is 7.22. The molecule has 0 saturated carbocycles. The zero-order chi connectivity index (χ0) is 15.8. The summed E-state index contributed by atoms with van der Waals surface area (Å²) in [5.74, 6) is 0.211. The van der Waals surface area contributed by atoms with Crippen molar-refractivity contribution in [1.29, 1.82) is 0 Å². The van der Waals surface area contributed by atoms with Gasteiger partial charge in [0.05, 0.1) is 6.54 Å². The third-order valence-electron chi connectivity index (χ3n) is 4.15. The number of nitrogens with one attached hydrogen (secondary N) is 1. The zero-order valence-electron chi connectivity index (χ0n) is 13.8. The van der Waals surface area contributed by atoms with Crippen LogP contribution in [0.4, 0.5) is 0 Å². The van der Waals surface area contributed by atoms with Gasteiger partial charge in [-0.2, -0.15) is 0 Å². The molecule has 122 valence electrons. The van der Waals surface area contributed by atoms with Crippen molar-refractivity contribution in [1.82, 2.24) is 20.0 Å². The lowest BCUT2D eigenvalue weighted by molar-refractivity contribution is -0.131. The number of amides is 1. The largest absolute Gasteiger partial charge is 0.339 e. The topological polar surface area (TPSA) is 38.8 Å². The first-order valence-corrected chi connectivity index (χ1v) is 8.06. The number of carbonyl (C=O) groups is 1. The lowest BCUT2D eigenvalue weighted by atomic mass is 10.2. The van der Waals surface area contributed by atoms with Crippen LogP contribution in [0.5, 0.6) is 0 Å². The predicted molar refractivity (Wildman–Crippen MR) is 89.7 cm³/mol. The van der Waals surface area contributed by atoms with Crippen molar-refractivity contribution >= 4 is 5.91 Å². The van der Waals surface area contributed by atoms with Gasteiger partial charge in [0.15, 0.2) is 0 Å². The summed E-state index contributed by atoms with van der Waals surface area (Å²) in [4.78, 5) is 18.6. The lowest BCUT2D eigenvalue weighted by Gasteiger charge is -2.35. The van der Waals surface area contributed by atoms with Gasteiger partial charge in [-0.25, -0.2) is 0 Å². The van der Waals surface area contributed by atoms with Crippen LogP contribution in [-0.2, 0) is 11.3 Å². The maximum absolute atomic E-state index is 11.8. The fraction of sp³-hybridized carbons (Fsp3) is 0.588. The van der Waals surface area contributed by atoms with Crippen molar-refractivity contribution in [2.24, 2.45) is 0 Å². The standard InChI is InChI=1S/C17H28N4O/c1-18-14-17(22)21-12-10-20(11-13-21)9-8-19(2)15-16-6-4-3-5-7-16/h3-7,18H,8-15H2,1-2H3. The highest BCUT2D eigenvalue weighted by Crippen LogP contribution is 2.05. The molecule has 1 amide bonds. The zero-order valence-corrected chi connectivity index (χ0v) is 13.8. The van der Waals surface area contributed by atoms with E-state index in [2.05, 4.69) is 52.5 Å². The smallest absolute Gasteiger partial charge is 0.236 e. The van der Waals surface area contributed by atoms with Gasteiger partial charge in [-0.3, -0.25) is 9.69 Å². The van der Waals surface area contributed by atoms with E-state index in [1.165, 1.54) is 5.56 Å². The average molecular weight is 304 g/mol. The van der Waals surface area contributed by atoms with E-state index < -0.39 is 0 Å². The maximum Gasteiger partial charge on any atom is 0.236 e. The third kappa shape index (κ3) is 5.40. The number of carbonyl (C=O) groups excluding carboxylic acids is 1. The summed E-state index contributed by atoms with van der Waals surface area (Å²) >= 11 is 0. The SMILES string of the molecule is CNCC(=O)N1CCN(CCN(C)Cc2ccccc2)CC1. The Balaban J connectivity index is 1.65. The van der Waals surface area contributed by atoms with Crippen molar-refractivity contribution in [2.75, 3.05) is 59.9 Å². The minimum Gasteiger partial charge on any atom is -0.339 e. The van der Waals surface area contributed by atoms with Crippen LogP contribution in [0.3, 0.4) is 0 Å². The van der Waals surface area contributed by atoms with Crippen LogP contribution in [0.25, 0.3) is 0 Å². The number of benzene rings is 1. The molecule has 5 nitrogen and oxygen atoms in total. The summed E-state index contributed by atoms with van der Waals surface area (Å²) in [5, 5.41) is 2.93. The van der Waals surface area contributed by atoms with E-state index in [-0.39, 0.29) is 5.91 Å². The van der Waals surface area contributed by atoms with Crippen molar-refractivity contribution in [3.8, 4) is 0 Å². The van der Waals surface area contributed by atoms with E-state index in [0.29, 0.717) is 6.54 Å². The molecule has 22 heavy (non-hydrogen) atoms. The number of piperazine rings is 1. The minimum atomic E-state index is 0.211. The average Bonchev–Trinajstić information content (AvgIpc) is 2.54. The van der Waals surface area contributed by atoms with Gasteiger partial charge in [-0.1, -0.05) is 30.3 Å². The van der Waals surface area contributed by atoms with Crippen LogP contribution >= 0.6 is 0 Å². The van der Waals surface area contributed by atoms with E-state index in [9.17, 15) is 4.79 Å². The fourth-order valence-electron chi connectivity index (χ4n) is 2.77. The molecule has 0 unspecified atom stereocenters. The second-order valence-electron chi connectivity index (χ2n) is 5.98. The highest BCUT2D eigenvalue weighted by molar-refractivity contribution is 5.78. The number of hydrogen-bond donors (Lipinski definition) is 1. The van der Waals surface area contributed by atoms with E-state index in [4.69, 9.17) is 0 Å². The molecule has 1 aliphatic heterocycles. The Kier molecular flexibility index (Phi) is 6.83. The fourth-order valence-corrected chi connectivity index (χ4v) is 2.77. The molecule has 0 spiro atoms. The Labute approximate surface area is 133 Å². The summed E-state index contributed by atoms with van der Waals surface area (Å²) in [5.41, 5.74) is 1.35. The van der Waals surface area contributed by atoms with Crippen molar-refractivity contribution in [3.63, 3.8) is 0 Å². The molecular weight excluding hydrogens is 276 g/mol. The molecule has 0 aromatic heterocycles. The molecule has 0 bridgehead atoms. The van der Waals surface area contributed by atoms with Crippen molar-refractivity contribution in [3.05, 3.63) is 35.9 Å². The van der Waals surface area contributed by atoms with Crippen molar-refractivity contribution < 1.29 is 4.79 Å². The van der Waals surface area contributed by atoms with E-state index in [1.54, 1.807) is 0 Å². The van der Waals surface area contributed by atoms with Crippen LogP contribution in [0.15, 0.2) is 30.3 Å². The van der Waals surface area contributed by atoms with Gasteiger partial charge >= 0.3 is 0 Å². The van der Waals surface area contributed by atoms with Gasteiger partial charge in [-0.15, -0.1) is 0 Å². The summed E-state index contributed by atoms with van der Waals surface area (Å²) in [6, 6.07) is 10.6. The van der Waals surface area contributed by atoms with Crippen LogP contribution in [0.1, 0.15) is 5.56 Å². The molecule has 1 aromatic carbocycles. The molecule has 5 heteroatoms. The Hall–Kier alpha value is -1.43. The molecule has 0 aliphatic carbocycles. The predicted octanol–water partition coefficient (Wildman–Crippen LogP) is 0.482.